The second-order valence-electron chi connectivity index (χ2n) is 6.32. The van der Waals surface area contributed by atoms with Crippen LogP contribution in [0.15, 0.2) is 42.5 Å². The lowest BCUT2D eigenvalue weighted by Crippen LogP contribution is -2.48. The van der Waals surface area contributed by atoms with Crippen molar-refractivity contribution >= 4 is 10.8 Å². The van der Waals surface area contributed by atoms with Crippen LogP contribution in [0.2, 0.25) is 0 Å². The summed E-state index contributed by atoms with van der Waals surface area (Å²) in [6.45, 7) is 6.86. The molecule has 2 heteroatoms. The fourth-order valence-corrected chi connectivity index (χ4v) is 3.32. The minimum absolute atomic E-state index is 0.00285. The van der Waals surface area contributed by atoms with Crippen LogP contribution in [0.25, 0.3) is 10.8 Å². The maximum Gasteiger partial charge on any atom is 0.0385 e. The lowest BCUT2D eigenvalue weighted by molar-refractivity contribution is 0.292. The molecule has 0 aliphatic carbocycles. The Balaban J connectivity index is 1.91. The van der Waals surface area contributed by atoms with E-state index in [4.69, 9.17) is 0 Å². The highest BCUT2D eigenvalue weighted by molar-refractivity contribution is 5.86. The molecule has 1 fully saturated rings. The summed E-state index contributed by atoms with van der Waals surface area (Å²) in [4.78, 5) is 0. The summed E-state index contributed by atoms with van der Waals surface area (Å²) in [5, 5.41) is 9.98. The second-order valence-corrected chi connectivity index (χ2v) is 6.32. The van der Waals surface area contributed by atoms with Crippen molar-refractivity contribution in [2.45, 2.75) is 38.3 Å². The van der Waals surface area contributed by atoms with Crippen molar-refractivity contribution in [3.8, 4) is 0 Å². The summed E-state index contributed by atoms with van der Waals surface area (Å²) < 4.78 is 0. The van der Waals surface area contributed by atoms with Crippen LogP contribution in [0, 0.1) is 0 Å². The van der Waals surface area contributed by atoms with Crippen LogP contribution in [-0.2, 0) is 5.54 Å². The molecule has 0 unspecified atom stereocenters. The molecular formula is C18H24N2. The average molecular weight is 268 g/mol. The zero-order chi connectivity index (χ0) is 14.0. The largest absolute Gasteiger partial charge is 0.317 e. The lowest BCUT2D eigenvalue weighted by Gasteiger charge is -2.35. The molecule has 20 heavy (non-hydrogen) atoms. The van der Waals surface area contributed by atoms with Gasteiger partial charge in [0.05, 0.1) is 0 Å². The minimum atomic E-state index is 0.00285. The quantitative estimate of drug-likeness (QED) is 0.891. The highest BCUT2D eigenvalue weighted by atomic mass is 15.0. The van der Waals surface area contributed by atoms with E-state index in [0.29, 0.717) is 6.04 Å². The molecule has 0 bridgehead atoms. The highest BCUT2D eigenvalue weighted by Crippen LogP contribution is 2.29. The molecule has 106 valence electrons. The van der Waals surface area contributed by atoms with E-state index in [0.717, 1.165) is 13.1 Å². The maximum atomic E-state index is 3.86. The molecule has 2 N–H and O–H groups in total. The normalized spacial score (nSPS) is 17.5. The van der Waals surface area contributed by atoms with Gasteiger partial charge < -0.3 is 10.6 Å². The average Bonchev–Trinajstić information content (AvgIpc) is 2.47. The van der Waals surface area contributed by atoms with Crippen molar-refractivity contribution in [1.82, 2.24) is 10.6 Å². The van der Waals surface area contributed by atoms with Gasteiger partial charge >= 0.3 is 0 Å². The van der Waals surface area contributed by atoms with Gasteiger partial charge in [-0.2, -0.15) is 0 Å². The van der Waals surface area contributed by atoms with E-state index in [1.54, 1.807) is 0 Å². The molecule has 0 saturated carbocycles. The molecule has 2 nitrogen and oxygen atoms in total. The van der Waals surface area contributed by atoms with Crippen LogP contribution in [-0.4, -0.2) is 19.1 Å². The Morgan fingerprint density at radius 3 is 2.50 bits per heavy atom. The third-order valence-corrected chi connectivity index (χ3v) is 4.37. The molecule has 3 rings (SSSR count). The van der Waals surface area contributed by atoms with Crippen LogP contribution >= 0.6 is 0 Å². The van der Waals surface area contributed by atoms with Crippen LogP contribution in [0.3, 0.4) is 0 Å². The smallest absolute Gasteiger partial charge is 0.0385 e. The van der Waals surface area contributed by atoms with E-state index in [1.165, 1.54) is 29.2 Å². The summed E-state index contributed by atoms with van der Waals surface area (Å²) in [5.74, 6) is 0. The van der Waals surface area contributed by atoms with Gasteiger partial charge in [0, 0.05) is 11.6 Å². The minimum Gasteiger partial charge on any atom is -0.317 e. The van der Waals surface area contributed by atoms with Crippen molar-refractivity contribution in [3.05, 3.63) is 48.0 Å². The van der Waals surface area contributed by atoms with Crippen LogP contribution < -0.4 is 10.6 Å². The monoisotopic (exact) mass is 268 g/mol. The zero-order valence-electron chi connectivity index (χ0n) is 12.4. The van der Waals surface area contributed by atoms with E-state index in [-0.39, 0.29) is 5.54 Å². The van der Waals surface area contributed by atoms with Gasteiger partial charge in [0.25, 0.3) is 0 Å². The number of nitrogens with one attached hydrogen (secondary N) is 2. The molecular weight excluding hydrogens is 244 g/mol. The van der Waals surface area contributed by atoms with Gasteiger partial charge in [-0.25, -0.2) is 0 Å². The molecule has 0 amide bonds. The predicted octanol–water partition coefficient (Wildman–Crippen LogP) is 3.42. The fraction of sp³-hybridized carbons (Fsp3) is 0.444. The van der Waals surface area contributed by atoms with Crippen molar-refractivity contribution in [2.75, 3.05) is 13.1 Å². The van der Waals surface area contributed by atoms with Crippen molar-refractivity contribution in [1.29, 1.82) is 0 Å². The molecule has 1 heterocycles. The third-order valence-electron chi connectivity index (χ3n) is 4.37. The summed E-state index contributed by atoms with van der Waals surface area (Å²) in [5.41, 5.74) is 1.40. The van der Waals surface area contributed by atoms with Gasteiger partial charge in [0.2, 0.25) is 0 Å². The molecule has 1 aliphatic heterocycles. The molecule has 0 spiro atoms. The van der Waals surface area contributed by atoms with Gasteiger partial charge in [-0.1, -0.05) is 42.5 Å². The Morgan fingerprint density at radius 1 is 1.00 bits per heavy atom. The predicted molar refractivity (Wildman–Crippen MR) is 86.0 cm³/mol. The van der Waals surface area contributed by atoms with E-state index >= 15 is 0 Å². The standard InChI is InChI=1S/C18H24N2/c1-18(2,20-15-10-12-19-13-11-15)17-9-5-7-14-6-3-4-8-16(14)17/h3-9,15,19-20H,10-13H2,1-2H3. The van der Waals surface area contributed by atoms with E-state index in [9.17, 15) is 0 Å². The Morgan fingerprint density at radius 2 is 1.70 bits per heavy atom. The first-order valence-corrected chi connectivity index (χ1v) is 7.63. The molecule has 0 aromatic heterocycles. The first-order chi connectivity index (χ1) is 9.67. The van der Waals surface area contributed by atoms with E-state index in [1.807, 2.05) is 0 Å². The number of hydrogen-bond acceptors (Lipinski definition) is 2. The number of fused-ring (bicyclic) bond motifs is 1. The van der Waals surface area contributed by atoms with Crippen molar-refractivity contribution in [2.24, 2.45) is 0 Å². The number of piperidine rings is 1. The van der Waals surface area contributed by atoms with Crippen LogP contribution in [0.1, 0.15) is 32.3 Å². The molecule has 2 aromatic rings. The SMILES string of the molecule is CC(C)(NC1CCNCC1)c1cccc2ccccc12. The van der Waals surface area contributed by atoms with Gasteiger partial charge in [-0.15, -0.1) is 0 Å². The van der Waals surface area contributed by atoms with Gasteiger partial charge in [-0.05, 0) is 56.1 Å². The molecule has 1 saturated heterocycles. The highest BCUT2D eigenvalue weighted by Gasteiger charge is 2.26. The Labute approximate surface area is 121 Å². The van der Waals surface area contributed by atoms with Crippen molar-refractivity contribution < 1.29 is 0 Å². The number of benzene rings is 2. The molecule has 0 radical (unpaired) electrons. The van der Waals surface area contributed by atoms with Gasteiger partial charge in [-0.3, -0.25) is 0 Å². The zero-order valence-corrected chi connectivity index (χ0v) is 12.4. The summed E-state index contributed by atoms with van der Waals surface area (Å²) in [6, 6.07) is 15.9. The van der Waals surface area contributed by atoms with E-state index in [2.05, 4.69) is 66.9 Å². The molecule has 2 aromatic carbocycles. The lowest BCUT2D eigenvalue weighted by atomic mass is 9.88. The topological polar surface area (TPSA) is 24.1 Å². The maximum absolute atomic E-state index is 3.86. The fourth-order valence-electron chi connectivity index (χ4n) is 3.32. The number of hydrogen-bond donors (Lipinski definition) is 2. The summed E-state index contributed by atoms with van der Waals surface area (Å²) in [6.07, 6.45) is 2.43. The third kappa shape index (κ3) is 2.72. The summed E-state index contributed by atoms with van der Waals surface area (Å²) >= 11 is 0. The Bertz CT molecular complexity index is 577. The first kappa shape index (κ1) is 13.6. The molecule has 0 atom stereocenters. The Hall–Kier alpha value is -1.38. The van der Waals surface area contributed by atoms with Crippen LogP contribution in [0.5, 0.6) is 0 Å². The van der Waals surface area contributed by atoms with E-state index < -0.39 is 0 Å². The van der Waals surface area contributed by atoms with Crippen molar-refractivity contribution in [3.63, 3.8) is 0 Å². The first-order valence-electron chi connectivity index (χ1n) is 7.63. The summed E-state index contributed by atoms with van der Waals surface area (Å²) in [7, 11) is 0. The van der Waals surface area contributed by atoms with Gasteiger partial charge in [0.15, 0.2) is 0 Å². The Kier molecular flexibility index (Phi) is 3.77. The van der Waals surface area contributed by atoms with Gasteiger partial charge in [0.1, 0.15) is 0 Å². The molecule has 1 aliphatic rings. The number of rotatable bonds is 3. The second kappa shape index (κ2) is 5.55. The van der Waals surface area contributed by atoms with Crippen LogP contribution in [0.4, 0.5) is 0 Å².